The average Bonchev–Trinajstić information content (AvgIpc) is 2.47. The van der Waals surface area contributed by atoms with Crippen LogP contribution in [0.3, 0.4) is 0 Å². The lowest BCUT2D eigenvalue weighted by Crippen LogP contribution is -2.31. The van der Waals surface area contributed by atoms with E-state index in [1.54, 1.807) is 12.1 Å². The lowest BCUT2D eigenvalue weighted by atomic mass is 9.98. The summed E-state index contributed by atoms with van der Waals surface area (Å²) in [5.41, 5.74) is 0.356. The number of aromatic nitrogens is 2. The highest BCUT2D eigenvalue weighted by molar-refractivity contribution is 5.92. The molecule has 1 aromatic rings. The van der Waals surface area contributed by atoms with Gasteiger partial charge in [-0.2, -0.15) is 0 Å². The quantitative estimate of drug-likeness (QED) is 0.726. The Labute approximate surface area is 113 Å². The Balaban J connectivity index is 1.82. The Hall–Kier alpha value is -1.69. The molecule has 1 aromatic heterocycles. The molecule has 1 fully saturated rings. The minimum atomic E-state index is -0.181. The summed E-state index contributed by atoms with van der Waals surface area (Å²) in [6.45, 7) is 5.57. The first kappa shape index (κ1) is 13.7. The Morgan fingerprint density at radius 3 is 2.79 bits per heavy atom. The summed E-state index contributed by atoms with van der Waals surface area (Å²) in [4.78, 5) is 11.5. The number of hydrogen-bond donors (Lipinski definition) is 3. The van der Waals surface area contributed by atoms with Crippen molar-refractivity contribution in [2.75, 3.05) is 31.5 Å². The molecule has 104 valence electrons. The highest BCUT2D eigenvalue weighted by Gasteiger charge is 2.13. The van der Waals surface area contributed by atoms with E-state index in [4.69, 9.17) is 0 Å². The van der Waals surface area contributed by atoms with Gasteiger partial charge in [-0.1, -0.05) is 0 Å². The summed E-state index contributed by atoms with van der Waals surface area (Å²) < 4.78 is 0. The third kappa shape index (κ3) is 4.17. The van der Waals surface area contributed by atoms with Crippen LogP contribution in [0.2, 0.25) is 0 Å². The van der Waals surface area contributed by atoms with Crippen molar-refractivity contribution < 1.29 is 4.79 Å². The van der Waals surface area contributed by atoms with Crippen LogP contribution in [0.1, 0.15) is 30.3 Å². The average molecular weight is 263 g/mol. The maximum atomic E-state index is 11.5. The lowest BCUT2D eigenvalue weighted by molar-refractivity contribution is 0.0950. The van der Waals surface area contributed by atoms with Gasteiger partial charge in [0.05, 0.1) is 0 Å². The summed E-state index contributed by atoms with van der Waals surface area (Å²) in [6, 6.07) is 3.50. The van der Waals surface area contributed by atoms with Gasteiger partial charge in [0.2, 0.25) is 0 Å². The standard InChI is InChI=1S/C13H21N5O/c1-2-15-13(19)11-3-4-12(18-17-11)16-9-10-5-7-14-8-6-10/h3-4,10,14H,2,5-9H2,1H3,(H,15,19)(H,16,18). The van der Waals surface area contributed by atoms with Crippen molar-refractivity contribution in [2.45, 2.75) is 19.8 Å². The number of nitrogens with zero attached hydrogens (tertiary/aromatic N) is 2. The fraction of sp³-hybridized carbons (Fsp3) is 0.615. The van der Waals surface area contributed by atoms with Gasteiger partial charge in [-0.15, -0.1) is 10.2 Å². The van der Waals surface area contributed by atoms with E-state index in [1.165, 1.54) is 12.8 Å². The van der Waals surface area contributed by atoms with Crippen LogP contribution in [0.5, 0.6) is 0 Å². The molecule has 1 saturated heterocycles. The number of hydrogen-bond acceptors (Lipinski definition) is 5. The highest BCUT2D eigenvalue weighted by atomic mass is 16.1. The van der Waals surface area contributed by atoms with Gasteiger partial charge in [0.1, 0.15) is 5.82 Å². The second kappa shape index (κ2) is 7.04. The van der Waals surface area contributed by atoms with E-state index < -0.39 is 0 Å². The van der Waals surface area contributed by atoms with Gasteiger partial charge < -0.3 is 16.0 Å². The first-order valence-corrected chi connectivity index (χ1v) is 6.86. The maximum absolute atomic E-state index is 11.5. The molecule has 1 aliphatic heterocycles. The van der Waals surface area contributed by atoms with Crippen molar-refractivity contribution in [2.24, 2.45) is 5.92 Å². The molecule has 3 N–H and O–H groups in total. The summed E-state index contributed by atoms with van der Waals surface area (Å²) in [5, 5.41) is 17.3. The molecule has 19 heavy (non-hydrogen) atoms. The van der Waals surface area contributed by atoms with Crippen molar-refractivity contribution in [3.05, 3.63) is 17.8 Å². The molecule has 0 aromatic carbocycles. The maximum Gasteiger partial charge on any atom is 0.271 e. The molecular formula is C13H21N5O. The number of rotatable bonds is 5. The second-order valence-electron chi connectivity index (χ2n) is 4.74. The largest absolute Gasteiger partial charge is 0.368 e. The van der Waals surface area contributed by atoms with Crippen LogP contribution in [0.4, 0.5) is 5.82 Å². The van der Waals surface area contributed by atoms with Gasteiger partial charge in [-0.05, 0) is 50.9 Å². The molecule has 0 bridgehead atoms. The van der Waals surface area contributed by atoms with Crippen molar-refractivity contribution >= 4 is 11.7 Å². The zero-order valence-corrected chi connectivity index (χ0v) is 11.3. The number of anilines is 1. The zero-order chi connectivity index (χ0) is 13.5. The Morgan fingerprint density at radius 1 is 1.37 bits per heavy atom. The summed E-state index contributed by atoms with van der Waals surface area (Å²) in [6.07, 6.45) is 2.38. The smallest absolute Gasteiger partial charge is 0.271 e. The molecule has 0 atom stereocenters. The zero-order valence-electron chi connectivity index (χ0n) is 11.3. The van der Waals surface area contributed by atoms with E-state index in [0.717, 1.165) is 25.5 Å². The van der Waals surface area contributed by atoms with E-state index >= 15 is 0 Å². The second-order valence-corrected chi connectivity index (χ2v) is 4.74. The molecule has 0 aliphatic carbocycles. The predicted molar refractivity (Wildman–Crippen MR) is 74.1 cm³/mol. The first-order chi connectivity index (χ1) is 9.29. The fourth-order valence-corrected chi connectivity index (χ4v) is 2.13. The first-order valence-electron chi connectivity index (χ1n) is 6.86. The van der Waals surface area contributed by atoms with Crippen molar-refractivity contribution in [3.63, 3.8) is 0 Å². The van der Waals surface area contributed by atoms with Crippen LogP contribution in [-0.2, 0) is 0 Å². The highest BCUT2D eigenvalue weighted by Crippen LogP contribution is 2.12. The van der Waals surface area contributed by atoms with Gasteiger partial charge in [-0.3, -0.25) is 4.79 Å². The van der Waals surface area contributed by atoms with E-state index in [9.17, 15) is 4.79 Å². The molecule has 0 radical (unpaired) electrons. The van der Waals surface area contributed by atoms with Crippen LogP contribution >= 0.6 is 0 Å². The van der Waals surface area contributed by atoms with Crippen molar-refractivity contribution in [3.8, 4) is 0 Å². The number of piperidine rings is 1. The molecule has 2 rings (SSSR count). The van der Waals surface area contributed by atoms with Gasteiger partial charge in [0.15, 0.2) is 5.69 Å². The Bertz CT molecular complexity index is 400. The molecule has 0 saturated carbocycles. The Morgan fingerprint density at radius 2 is 2.16 bits per heavy atom. The predicted octanol–water partition coefficient (Wildman–Crippen LogP) is 0.638. The molecule has 2 heterocycles. The molecule has 1 amide bonds. The normalized spacial score (nSPS) is 16.1. The third-order valence-corrected chi connectivity index (χ3v) is 3.27. The van der Waals surface area contributed by atoms with Gasteiger partial charge in [0.25, 0.3) is 5.91 Å². The van der Waals surface area contributed by atoms with E-state index in [2.05, 4.69) is 26.1 Å². The van der Waals surface area contributed by atoms with Crippen molar-refractivity contribution in [1.82, 2.24) is 20.8 Å². The van der Waals surface area contributed by atoms with E-state index in [-0.39, 0.29) is 5.91 Å². The topological polar surface area (TPSA) is 78.9 Å². The molecule has 6 heteroatoms. The SMILES string of the molecule is CCNC(=O)c1ccc(NCC2CCNCC2)nn1. The summed E-state index contributed by atoms with van der Waals surface area (Å²) in [5.74, 6) is 1.23. The van der Waals surface area contributed by atoms with Crippen LogP contribution < -0.4 is 16.0 Å². The summed E-state index contributed by atoms with van der Waals surface area (Å²) in [7, 11) is 0. The fourth-order valence-electron chi connectivity index (χ4n) is 2.13. The Kier molecular flexibility index (Phi) is 5.09. The molecule has 6 nitrogen and oxygen atoms in total. The van der Waals surface area contributed by atoms with Gasteiger partial charge in [0, 0.05) is 13.1 Å². The summed E-state index contributed by atoms with van der Waals surface area (Å²) >= 11 is 0. The third-order valence-electron chi connectivity index (χ3n) is 3.27. The van der Waals surface area contributed by atoms with Gasteiger partial charge in [-0.25, -0.2) is 0 Å². The van der Waals surface area contributed by atoms with E-state index in [1.807, 2.05) is 6.92 Å². The number of nitrogens with one attached hydrogen (secondary N) is 3. The minimum absolute atomic E-state index is 0.181. The molecule has 1 aliphatic rings. The minimum Gasteiger partial charge on any atom is -0.368 e. The van der Waals surface area contributed by atoms with Gasteiger partial charge >= 0.3 is 0 Å². The van der Waals surface area contributed by atoms with Crippen LogP contribution in [0.25, 0.3) is 0 Å². The van der Waals surface area contributed by atoms with E-state index in [0.29, 0.717) is 18.2 Å². The number of carbonyl (C=O) groups excluding carboxylic acids is 1. The van der Waals surface area contributed by atoms with Crippen LogP contribution in [0, 0.1) is 5.92 Å². The molecule has 0 spiro atoms. The lowest BCUT2D eigenvalue weighted by Gasteiger charge is -2.22. The van der Waals surface area contributed by atoms with Crippen LogP contribution in [0.15, 0.2) is 12.1 Å². The van der Waals surface area contributed by atoms with Crippen LogP contribution in [-0.4, -0.2) is 42.3 Å². The molecular weight excluding hydrogens is 242 g/mol. The molecule has 0 unspecified atom stereocenters. The monoisotopic (exact) mass is 263 g/mol. The van der Waals surface area contributed by atoms with Crippen molar-refractivity contribution in [1.29, 1.82) is 0 Å². The number of carbonyl (C=O) groups is 1. The number of amides is 1.